The van der Waals surface area contributed by atoms with Crippen molar-refractivity contribution in [3.05, 3.63) is 65.5 Å². The summed E-state index contributed by atoms with van der Waals surface area (Å²) in [4.78, 5) is 0. The molecule has 0 radical (unpaired) electrons. The highest BCUT2D eigenvalue weighted by molar-refractivity contribution is 5.33. The van der Waals surface area contributed by atoms with Gasteiger partial charge in [0, 0.05) is 23.7 Å². The van der Waals surface area contributed by atoms with Gasteiger partial charge in [-0.25, -0.2) is 4.39 Å². The van der Waals surface area contributed by atoms with Crippen LogP contribution in [-0.2, 0) is 13.2 Å². The predicted molar refractivity (Wildman–Crippen MR) is 118 cm³/mol. The fourth-order valence-electron chi connectivity index (χ4n) is 4.52. The molecule has 1 aliphatic carbocycles. The third-order valence-electron chi connectivity index (χ3n) is 6.48. The molecule has 158 valence electrons. The van der Waals surface area contributed by atoms with Crippen molar-refractivity contribution in [1.82, 2.24) is 5.32 Å². The smallest absolute Gasteiger partial charge is 0.129 e. The lowest BCUT2D eigenvalue weighted by atomic mass is 9.75. The Hall–Kier alpha value is -1.87. The Labute approximate surface area is 175 Å². The van der Waals surface area contributed by atoms with E-state index in [1.165, 1.54) is 38.2 Å². The molecule has 2 nitrogen and oxygen atoms in total. The molecule has 2 aromatic rings. The molecule has 1 fully saturated rings. The van der Waals surface area contributed by atoms with Gasteiger partial charge >= 0.3 is 0 Å². The van der Waals surface area contributed by atoms with Crippen molar-refractivity contribution in [2.45, 2.75) is 72.1 Å². The van der Waals surface area contributed by atoms with Crippen molar-refractivity contribution in [2.24, 2.45) is 17.8 Å². The lowest BCUT2D eigenvalue weighted by molar-refractivity contribution is 0.206. The summed E-state index contributed by atoms with van der Waals surface area (Å²) >= 11 is 0. The molecule has 0 aliphatic heterocycles. The first-order valence-electron chi connectivity index (χ1n) is 11.2. The number of rotatable bonds is 9. The molecular formula is C26H36FNO. The summed E-state index contributed by atoms with van der Waals surface area (Å²) in [7, 11) is 0. The summed E-state index contributed by atoms with van der Waals surface area (Å²) in [6.07, 6.45) is 6.76. The summed E-state index contributed by atoms with van der Waals surface area (Å²) in [6, 6.07) is 15.3. The highest BCUT2D eigenvalue weighted by Gasteiger charge is 2.24. The number of hydrogen-bond acceptors (Lipinski definition) is 2. The van der Waals surface area contributed by atoms with Gasteiger partial charge in [-0.1, -0.05) is 63.1 Å². The van der Waals surface area contributed by atoms with E-state index in [1.54, 1.807) is 12.1 Å². The van der Waals surface area contributed by atoms with Gasteiger partial charge in [0.15, 0.2) is 0 Å². The van der Waals surface area contributed by atoms with Crippen LogP contribution in [0.25, 0.3) is 0 Å². The summed E-state index contributed by atoms with van der Waals surface area (Å²) in [6.45, 7) is 8.04. The summed E-state index contributed by atoms with van der Waals surface area (Å²) in [5.41, 5.74) is 1.71. The minimum absolute atomic E-state index is 0.219. The van der Waals surface area contributed by atoms with Crippen LogP contribution in [0, 0.1) is 23.6 Å². The average Bonchev–Trinajstić information content (AvgIpc) is 2.72. The van der Waals surface area contributed by atoms with Gasteiger partial charge in [-0.3, -0.25) is 0 Å². The molecule has 0 aromatic heterocycles. The standard InChI is InChI=1S/C26H36FNO/c1-19(2)22-14-12-21(13-15-22)16-20(3)28-17-23-8-5-7-11-26(23)29-18-24-9-4-6-10-25(24)27/h4-11,19-22,28H,12-18H2,1-3H3. The van der Waals surface area contributed by atoms with Crippen molar-refractivity contribution in [1.29, 1.82) is 0 Å². The average molecular weight is 398 g/mol. The molecule has 0 bridgehead atoms. The third-order valence-corrected chi connectivity index (χ3v) is 6.48. The van der Waals surface area contributed by atoms with Crippen LogP contribution >= 0.6 is 0 Å². The van der Waals surface area contributed by atoms with Gasteiger partial charge in [-0.2, -0.15) is 0 Å². The van der Waals surface area contributed by atoms with E-state index >= 15 is 0 Å². The Balaban J connectivity index is 1.47. The van der Waals surface area contributed by atoms with E-state index in [1.807, 2.05) is 24.3 Å². The Morgan fingerprint density at radius 3 is 2.28 bits per heavy atom. The highest BCUT2D eigenvalue weighted by atomic mass is 19.1. The molecule has 3 rings (SSSR count). The van der Waals surface area contributed by atoms with Crippen LogP contribution in [0.3, 0.4) is 0 Å². The first-order valence-corrected chi connectivity index (χ1v) is 11.2. The quantitative estimate of drug-likeness (QED) is 0.506. The second kappa shape index (κ2) is 10.8. The zero-order valence-corrected chi connectivity index (χ0v) is 18.2. The SMILES string of the molecule is CC(CC1CCC(C(C)C)CC1)NCc1ccccc1OCc1ccccc1F. The van der Waals surface area contributed by atoms with Gasteiger partial charge < -0.3 is 10.1 Å². The van der Waals surface area contributed by atoms with Crippen LogP contribution < -0.4 is 10.1 Å². The molecule has 29 heavy (non-hydrogen) atoms. The number of nitrogens with one attached hydrogen (secondary N) is 1. The maximum absolute atomic E-state index is 13.8. The largest absolute Gasteiger partial charge is 0.488 e. The molecule has 1 N–H and O–H groups in total. The van der Waals surface area contributed by atoms with E-state index in [2.05, 4.69) is 32.2 Å². The Kier molecular flexibility index (Phi) is 8.11. The van der Waals surface area contributed by atoms with Gasteiger partial charge in [0.25, 0.3) is 0 Å². The first-order chi connectivity index (χ1) is 14.0. The molecule has 0 amide bonds. The van der Waals surface area contributed by atoms with Crippen molar-refractivity contribution >= 4 is 0 Å². The number of para-hydroxylation sites is 1. The van der Waals surface area contributed by atoms with E-state index in [9.17, 15) is 4.39 Å². The second-order valence-corrected chi connectivity index (χ2v) is 9.03. The predicted octanol–water partition coefficient (Wildman–Crippen LogP) is 6.74. The number of hydrogen-bond donors (Lipinski definition) is 1. The highest BCUT2D eigenvalue weighted by Crippen LogP contribution is 2.35. The van der Waals surface area contributed by atoms with Gasteiger partial charge in [0.1, 0.15) is 18.2 Å². The maximum atomic E-state index is 13.8. The van der Waals surface area contributed by atoms with Crippen LogP contribution in [-0.4, -0.2) is 6.04 Å². The van der Waals surface area contributed by atoms with E-state index in [0.29, 0.717) is 11.6 Å². The van der Waals surface area contributed by atoms with E-state index in [0.717, 1.165) is 35.6 Å². The lowest BCUT2D eigenvalue weighted by Gasteiger charge is -2.32. The van der Waals surface area contributed by atoms with Crippen LogP contribution in [0.5, 0.6) is 5.75 Å². The van der Waals surface area contributed by atoms with Crippen molar-refractivity contribution in [3.8, 4) is 5.75 Å². The normalized spacial score (nSPS) is 20.6. The molecule has 1 saturated carbocycles. The third kappa shape index (κ3) is 6.57. The number of ether oxygens (including phenoxy) is 1. The monoisotopic (exact) mass is 397 g/mol. The van der Waals surface area contributed by atoms with Crippen LogP contribution in [0.2, 0.25) is 0 Å². The first kappa shape index (κ1) is 21.8. The van der Waals surface area contributed by atoms with Crippen molar-refractivity contribution in [2.75, 3.05) is 0 Å². The van der Waals surface area contributed by atoms with Gasteiger partial charge in [-0.15, -0.1) is 0 Å². The van der Waals surface area contributed by atoms with Gasteiger partial charge in [0.05, 0.1) is 0 Å². The zero-order chi connectivity index (χ0) is 20.6. The Morgan fingerprint density at radius 1 is 0.931 bits per heavy atom. The maximum Gasteiger partial charge on any atom is 0.129 e. The zero-order valence-electron chi connectivity index (χ0n) is 18.2. The topological polar surface area (TPSA) is 21.3 Å². The van der Waals surface area contributed by atoms with Crippen molar-refractivity contribution < 1.29 is 9.13 Å². The molecule has 1 unspecified atom stereocenters. The summed E-state index contributed by atoms with van der Waals surface area (Å²) in [5, 5.41) is 3.68. The van der Waals surface area contributed by atoms with Crippen LogP contribution in [0.15, 0.2) is 48.5 Å². The molecule has 3 heteroatoms. The number of benzene rings is 2. The molecule has 0 saturated heterocycles. The molecule has 1 atom stereocenters. The fraction of sp³-hybridized carbons (Fsp3) is 0.538. The summed E-state index contributed by atoms with van der Waals surface area (Å²) in [5.74, 6) is 3.21. The van der Waals surface area contributed by atoms with Crippen LogP contribution in [0.4, 0.5) is 4.39 Å². The number of halogens is 1. The van der Waals surface area contributed by atoms with Crippen molar-refractivity contribution in [3.63, 3.8) is 0 Å². The Morgan fingerprint density at radius 2 is 1.59 bits per heavy atom. The van der Waals surface area contributed by atoms with E-state index < -0.39 is 0 Å². The molecular weight excluding hydrogens is 361 g/mol. The van der Waals surface area contributed by atoms with Gasteiger partial charge in [0.2, 0.25) is 0 Å². The second-order valence-electron chi connectivity index (χ2n) is 9.03. The van der Waals surface area contributed by atoms with Gasteiger partial charge in [-0.05, 0) is 56.1 Å². The fourth-order valence-corrected chi connectivity index (χ4v) is 4.52. The van der Waals surface area contributed by atoms with E-state index in [-0.39, 0.29) is 12.4 Å². The molecule has 1 aliphatic rings. The summed E-state index contributed by atoms with van der Waals surface area (Å²) < 4.78 is 19.8. The van der Waals surface area contributed by atoms with Crippen LogP contribution in [0.1, 0.15) is 64.0 Å². The molecule has 2 aromatic carbocycles. The minimum Gasteiger partial charge on any atom is -0.488 e. The van der Waals surface area contributed by atoms with E-state index in [4.69, 9.17) is 4.74 Å². The minimum atomic E-state index is -0.219. The Bertz CT molecular complexity index is 752. The molecule has 0 heterocycles. The molecule has 0 spiro atoms. The lowest BCUT2D eigenvalue weighted by Crippen LogP contribution is -2.30.